The predicted octanol–water partition coefficient (Wildman–Crippen LogP) is 4.86. The number of unbranched alkanes of at least 4 members (excludes halogenated alkanes) is 3. The molecule has 2 aromatic carbocycles. The molecule has 1 N–H and O–H groups in total. The summed E-state index contributed by atoms with van der Waals surface area (Å²) in [4.78, 5) is 13.7. The molecule has 1 heterocycles. The van der Waals surface area contributed by atoms with Gasteiger partial charge in [-0.3, -0.25) is 4.79 Å². The highest BCUT2D eigenvalue weighted by Gasteiger charge is 2.09. The monoisotopic (exact) mass is 394 g/mol. The van der Waals surface area contributed by atoms with E-state index in [0.717, 1.165) is 67.4 Å². The van der Waals surface area contributed by atoms with Gasteiger partial charge in [-0.1, -0.05) is 25.0 Å². The Labute approximate surface area is 172 Å². The first kappa shape index (κ1) is 20.9. The number of benzene rings is 2. The van der Waals surface area contributed by atoms with Crippen LogP contribution in [-0.2, 0) is 13.1 Å². The highest BCUT2D eigenvalue weighted by molar-refractivity contribution is 5.98. The molecule has 1 aromatic heterocycles. The number of aromatic hydroxyl groups is 1. The van der Waals surface area contributed by atoms with E-state index in [1.165, 1.54) is 6.42 Å². The normalized spacial score (nSPS) is 11.3. The van der Waals surface area contributed by atoms with Gasteiger partial charge in [-0.25, -0.2) is 0 Å². The summed E-state index contributed by atoms with van der Waals surface area (Å²) in [5.74, 6) is 1.10. The van der Waals surface area contributed by atoms with Gasteiger partial charge < -0.3 is 19.3 Å². The Kier molecular flexibility index (Phi) is 7.30. The maximum Gasteiger partial charge on any atom is 0.152 e. The van der Waals surface area contributed by atoms with Gasteiger partial charge in [0, 0.05) is 35.8 Å². The van der Waals surface area contributed by atoms with Crippen LogP contribution in [0.25, 0.3) is 10.9 Å². The molecule has 29 heavy (non-hydrogen) atoms. The van der Waals surface area contributed by atoms with Crippen molar-refractivity contribution in [2.24, 2.45) is 0 Å². The van der Waals surface area contributed by atoms with Crippen molar-refractivity contribution < 1.29 is 14.6 Å². The zero-order valence-electron chi connectivity index (χ0n) is 17.3. The fourth-order valence-electron chi connectivity index (χ4n) is 3.77. The van der Waals surface area contributed by atoms with Crippen molar-refractivity contribution in [1.82, 2.24) is 9.47 Å². The van der Waals surface area contributed by atoms with Crippen LogP contribution < -0.4 is 4.74 Å². The minimum absolute atomic E-state index is 0.324. The van der Waals surface area contributed by atoms with Crippen LogP contribution in [0.5, 0.6) is 11.5 Å². The molecule has 0 aliphatic heterocycles. The quantitative estimate of drug-likeness (QED) is 0.373. The molecular formula is C24H30N2O3. The number of hydrogen-bond donors (Lipinski definition) is 1. The van der Waals surface area contributed by atoms with Crippen LogP contribution in [-0.4, -0.2) is 41.6 Å². The minimum Gasteiger partial charge on any atom is -0.508 e. The van der Waals surface area contributed by atoms with E-state index in [0.29, 0.717) is 11.3 Å². The van der Waals surface area contributed by atoms with E-state index in [2.05, 4.69) is 16.5 Å². The summed E-state index contributed by atoms with van der Waals surface area (Å²) in [5.41, 5.74) is 2.93. The Bertz CT molecular complexity index is 948. The van der Waals surface area contributed by atoms with Gasteiger partial charge in [0.15, 0.2) is 6.29 Å². The third-order valence-corrected chi connectivity index (χ3v) is 5.30. The topological polar surface area (TPSA) is 54.7 Å². The summed E-state index contributed by atoms with van der Waals surface area (Å²) in [6.07, 6.45) is 7.44. The SMILES string of the molecule is COc1ccc2c(c1)c(C=O)cn2CCCCCCN(C)Cc1cccc(O)c1. The van der Waals surface area contributed by atoms with Crippen LogP contribution in [0.3, 0.4) is 0 Å². The van der Waals surface area contributed by atoms with Gasteiger partial charge in [0.25, 0.3) is 0 Å². The molecule has 0 saturated heterocycles. The smallest absolute Gasteiger partial charge is 0.152 e. The van der Waals surface area contributed by atoms with Crippen LogP contribution in [0.1, 0.15) is 41.6 Å². The first-order valence-corrected chi connectivity index (χ1v) is 10.2. The number of aldehydes is 1. The number of fused-ring (bicyclic) bond motifs is 1. The number of hydrogen-bond acceptors (Lipinski definition) is 4. The molecule has 3 rings (SSSR count). The number of nitrogens with zero attached hydrogens (tertiary/aromatic N) is 2. The van der Waals surface area contributed by atoms with Gasteiger partial charge in [-0.05, 0) is 62.3 Å². The Hall–Kier alpha value is -2.79. The molecule has 0 aliphatic rings. The van der Waals surface area contributed by atoms with E-state index >= 15 is 0 Å². The second-order valence-electron chi connectivity index (χ2n) is 7.60. The maximum absolute atomic E-state index is 11.4. The van der Waals surface area contributed by atoms with E-state index in [1.54, 1.807) is 13.2 Å². The van der Waals surface area contributed by atoms with Crippen LogP contribution in [0.15, 0.2) is 48.7 Å². The molecule has 0 atom stereocenters. The first-order chi connectivity index (χ1) is 14.1. The van der Waals surface area contributed by atoms with Crippen LogP contribution in [0.2, 0.25) is 0 Å². The zero-order valence-corrected chi connectivity index (χ0v) is 17.3. The van der Waals surface area contributed by atoms with E-state index in [9.17, 15) is 9.90 Å². The molecule has 0 saturated carbocycles. The molecule has 3 aromatic rings. The van der Waals surface area contributed by atoms with Gasteiger partial charge >= 0.3 is 0 Å². The number of aromatic nitrogens is 1. The predicted molar refractivity (Wildman–Crippen MR) is 117 cm³/mol. The molecule has 0 radical (unpaired) electrons. The maximum atomic E-state index is 11.4. The number of rotatable bonds is 11. The third kappa shape index (κ3) is 5.61. The van der Waals surface area contributed by atoms with Gasteiger partial charge in [0.1, 0.15) is 11.5 Å². The molecule has 0 spiro atoms. The number of phenolic OH excluding ortho intramolecular Hbond substituents is 1. The number of carbonyl (C=O) groups excluding carboxylic acids is 1. The van der Waals surface area contributed by atoms with E-state index in [4.69, 9.17) is 4.74 Å². The highest BCUT2D eigenvalue weighted by Crippen LogP contribution is 2.25. The summed E-state index contributed by atoms with van der Waals surface area (Å²) in [6, 6.07) is 13.3. The van der Waals surface area contributed by atoms with Crippen molar-refractivity contribution >= 4 is 17.2 Å². The summed E-state index contributed by atoms with van der Waals surface area (Å²) >= 11 is 0. The summed E-state index contributed by atoms with van der Waals surface area (Å²) in [6.45, 7) is 2.80. The molecule has 5 nitrogen and oxygen atoms in total. The standard InChI is InChI=1S/C24H30N2O3/c1-25(16-19-8-7-9-21(28)14-19)12-5-3-4-6-13-26-17-20(18-27)23-15-22(29-2)10-11-24(23)26/h7-11,14-15,17-18,28H,3-6,12-13,16H2,1-2H3. The molecule has 154 valence electrons. The number of carbonyl (C=O) groups is 1. The minimum atomic E-state index is 0.324. The van der Waals surface area contributed by atoms with Gasteiger partial charge in [0.05, 0.1) is 7.11 Å². The summed E-state index contributed by atoms with van der Waals surface area (Å²) in [5, 5.41) is 10.5. The third-order valence-electron chi connectivity index (χ3n) is 5.30. The molecule has 0 fully saturated rings. The number of aryl methyl sites for hydroxylation is 1. The van der Waals surface area contributed by atoms with E-state index in [-0.39, 0.29) is 0 Å². The van der Waals surface area contributed by atoms with Gasteiger partial charge in [-0.2, -0.15) is 0 Å². The molecule has 0 unspecified atom stereocenters. The summed E-state index contributed by atoms with van der Waals surface area (Å²) in [7, 11) is 3.76. The van der Waals surface area contributed by atoms with Crippen molar-refractivity contribution in [3.8, 4) is 11.5 Å². The Morgan fingerprint density at radius 3 is 2.69 bits per heavy atom. The van der Waals surface area contributed by atoms with E-state index < -0.39 is 0 Å². The van der Waals surface area contributed by atoms with Crippen molar-refractivity contribution in [3.63, 3.8) is 0 Å². The lowest BCUT2D eigenvalue weighted by Gasteiger charge is -2.16. The lowest BCUT2D eigenvalue weighted by molar-refractivity contribution is 0.112. The molecule has 5 heteroatoms. The second kappa shape index (κ2) is 10.1. The van der Waals surface area contributed by atoms with Crippen LogP contribution in [0, 0.1) is 0 Å². The number of phenols is 1. The molecule has 0 bridgehead atoms. The molecular weight excluding hydrogens is 364 g/mol. The van der Waals surface area contributed by atoms with Crippen molar-refractivity contribution in [3.05, 3.63) is 59.8 Å². The van der Waals surface area contributed by atoms with Crippen LogP contribution >= 0.6 is 0 Å². The van der Waals surface area contributed by atoms with Crippen molar-refractivity contribution in [2.45, 2.75) is 38.8 Å². The summed E-state index contributed by atoms with van der Waals surface area (Å²) < 4.78 is 7.45. The first-order valence-electron chi connectivity index (χ1n) is 10.2. The highest BCUT2D eigenvalue weighted by atomic mass is 16.5. The molecule has 0 amide bonds. The fourth-order valence-corrected chi connectivity index (χ4v) is 3.77. The second-order valence-corrected chi connectivity index (χ2v) is 7.60. The lowest BCUT2D eigenvalue weighted by atomic mass is 10.1. The van der Waals surface area contributed by atoms with E-state index in [1.807, 2.05) is 42.6 Å². The van der Waals surface area contributed by atoms with Gasteiger partial charge in [0.2, 0.25) is 0 Å². The number of methoxy groups -OCH3 is 1. The van der Waals surface area contributed by atoms with Crippen molar-refractivity contribution in [2.75, 3.05) is 20.7 Å². The largest absolute Gasteiger partial charge is 0.508 e. The average molecular weight is 395 g/mol. The average Bonchev–Trinajstić information content (AvgIpc) is 3.07. The zero-order chi connectivity index (χ0) is 20.6. The molecule has 0 aliphatic carbocycles. The fraction of sp³-hybridized carbons (Fsp3) is 0.375. The Morgan fingerprint density at radius 2 is 1.93 bits per heavy atom. The van der Waals surface area contributed by atoms with Gasteiger partial charge in [-0.15, -0.1) is 0 Å². The Balaban J connectivity index is 1.42. The Morgan fingerprint density at radius 1 is 1.10 bits per heavy atom. The van der Waals surface area contributed by atoms with Crippen LogP contribution in [0.4, 0.5) is 0 Å². The van der Waals surface area contributed by atoms with Crippen molar-refractivity contribution in [1.29, 1.82) is 0 Å². The number of ether oxygens (including phenoxy) is 1. The lowest BCUT2D eigenvalue weighted by Crippen LogP contribution is -2.19.